The minimum absolute atomic E-state index is 0.0363. The molecule has 0 aliphatic heterocycles. The zero-order valence-corrected chi connectivity index (χ0v) is 14.0. The Bertz CT molecular complexity index is 883. The molecule has 0 spiro atoms. The van der Waals surface area contributed by atoms with E-state index in [1.807, 2.05) is 0 Å². The van der Waals surface area contributed by atoms with Crippen LogP contribution in [-0.2, 0) is 16.1 Å². The minimum Gasteiger partial charge on any atom is -0.467 e. The highest BCUT2D eigenvalue weighted by molar-refractivity contribution is 5.89. The molecule has 2 heterocycles. The van der Waals surface area contributed by atoms with Gasteiger partial charge in [-0.05, 0) is 48.5 Å². The Labute approximate surface area is 148 Å². The maximum atomic E-state index is 12.9. The summed E-state index contributed by atoms with van der Waals surface area (Å²) < 4.78 is 28.5. The molecule has 0 aliphatic rings. The predicted molar refractivity (Wildman–Crippen MR) is 89.6 cm³/mol. The average Bonchev–Trinajstić information content (AvgIpc) is 3.32. The standard InChI is InChI=1S/C19H16FNO5/c1-21(11-15-3-2-10-24-15)18(22)12-25-19(23)17-9-8-16(26-17)13-4-6-14(20)7-5-13/h2-10H,11-12H2,1H3. The number of esters is 1. The number of ether oxygens (including phenoxy) is 1. The zero-order valence-electron chi connectivity index (χ0n) is 14.0. The van der Waals surface area contributed by atoms with Crippen LogP contribution in [0, 0.1) is 5.82 Å². The highest BCUT2D eigenvalue weighted by atomic mass is 19.1. The molecule has 1 aromatic carbocycles. The van der Waals surface area contributed by atoms with Crippen molar-refractivity contribution in [1.82, 2.24) is 4.90 Å². The van der Waals surface area contributed by atoms with Crippen LogP contribution in [0.3, 0.4) is 0 Å². The first-order valence-corrected chi connectivity index (χ1v) is 7.82. The van der Waals surface area contributed by atoms with Gasteiger partial charge in [0.15, 0.2) is 6.61 Å². The zero-order chi connectivity index (χ0) is 18.5. The van der Waals surface area contributed by atoms with E-state index in [9.17, 15) is 14.0 Å². The molecule has 0 unspecified atom stereocenters. The second-order valence-electron chi connectivity index (χ2n) is 5.58. The van der Waals surface area contributed by atoms with Crippen molar-refractivity contribution in [2.24, 2.45) is 0 Å². The molecule has 0 fully saturated rings. The van der Waals surface area contributed by atoms with Gasteiger partial charge in [0.05, 0.1) is 12.8 Å². The van der Waals surface area contributed by atoms with Crippen LogP contribution in [0.1, 0.15) is 16.3 Å². The fourth-order valence-corrected chi connectivity index (χ4v) is 2.25. The van der Waals surface area contributed by atoms with Crippen molar-refractivity contribution in [3.05, 3.63) is 72.1 Å². The lowest BCUT2D eigenvalue weighted by molar-refractivity contribution is -0.134. The van der Waals surface area contributed by atoms with Gasteiger partial charge >= 0.3 is 5.97 Å². The molecule has 2 aromatic heterocycles. The first-order chi connectivity index (χ1) is 12.5. The summed E-state index contributed by atoms with van der Waals surface area (Å²) in [6.07, 6.45) is 1.52. The molecular weight excluding hydrogens is 341 g/mol. The fourth-order valence-electron chi connectivity index (χ4n) is 2.25. The molecule has 0 saturated carbocycles. The summed E-state index contributed by atoms with van der Waals surface area (Å²) in [5, 5.41) is 0. The van der Waals surface area contributed by atoms with E-state index >= 15 is 0 Å². The monoisotopic (exact) mass is 357 g/mol. The number of carbonyl (C=O) groups is 2. The van der Waals surface area contributed by atoms with Crippen LogP contribution in [0.15, 0.2) is 63.6 Å². The van der Waals surface area contributed by atoms with E-state index in [4.69, 9.17) is 13.6 Å². The fraction of sp³-hybridized carbons (Fsp3) is 0.158. The molecule has 0 bridgehead atoms. The number of rotatable bonds is 6. The molecule has 0 saturated heterocycles. The molecule has 3 aromatic rings. The summed E-state index contributed by atoms with van der Waals surface area (Å²) in [5.41, 5.74) is 0.625. The van der Waals surface area contributed by atoms with Crippen molar-refractivity contribution < 1.29 is 27.6 Å². The van der Waals surface area contributed by atoms with E-state index in [0.29, 0.717) is 17.1 Å². The van der Waals surface area contributed by atoms with Gasteiger partial charge in [0, 0.05) is 12.6 Å². The van der Waals surface area contributed by atoms with Crippen LogP contribution in [0.25, 0.3) is 11.3 Å². The SMILES string of the molecule is CN(Cc1ccco1)C(=O)COC(=O)c1ccc(-c2ccc(F)cc2)o1. The Morgan fingerprint density at radius 1 is 1.12 bits per heavy atom. The third kappa shape index (κ3) is 4.18. The number of hydrogen-bond donors (Lipinski definition) is 0. The normalized spacial score (nSPS) is 10.5. The Hall–Kier alpha value is -3.35. The van der Waals surface area contributed by atoms with Gasteiger partial charge in [-0.3, -0.25) is 4.79 Å². The molecule has 3 rings (SSSR count). The van der Waals surface area contributed by atoms with Crippen molar-refractivity contribution in [1.29, 1.82) is 0 Å². The molecule has 0 atom stereocenters. The maximum Gasteiger partial charge on any atom is 0.374 e. The summed E-state index contributed by atoms with van der Waals surface area (Å²) >= 11 is 0. The molecule has 0 aliphatic carbocycles. The maximum absolute atomic E-state index is 12.9. The average molecular weight is 357 g/mol. The largest absolute Gasteiger partial charge is 0.467 e. The molecule has 7 heteroatoms. The highest BCUT2D eigenvalue weighted by Crippen LogP contribution is 2.22. The second-order valence-corrected chi connectivity index (χ2v) is 5.58. The highest BCUT2D eigenvalue weighted by Gasteiger charge is 2.17. The van der Waals surface area contributed by atoms with Crippen LogP contribution in [0.4, 0.5) is 4.39 Å². The topological polar surface area (TPSA) is 72.9 Å². The molecule has 1 amide bonds. The van der Waals surface area contributed by atoms with Crippen molar-refractivity contribution in [2.75, 3.05) is 13.7 Å². The van der Waals surface area contributed by atoms with Crippen LogP contribution >= 0.6 is 0 Å². The van der Waals surface area contributed by atoms with Gasteiger partial charge in [0.2, 0.25) is 5.76 Å². The number of carbonyl (C=O) groups excluding carboxylic acids is 2. The smallest absolute Gasteiger partial charge is 0.374 e. The van der Waals surface area contributed by atoms with Gasteiger partial charge in [-0.2, -0.15) is 0 Å². The van der Waals surface area contributed by atoms with E-state index < -0.39 is 12.6 Å². The molecular formula is C19H16FNO5. The lowest BCUT2D eigenvalue weighted by atomic mass is 10.2. The van der Waals surface area contributed by atoms with E-state index in [1.165, 1.54) is 41.5 Å². The predicted octanol–water partition coefficient (Wildman–Crippen LogP) is 3.49. The van der Waals surface area contributed by atoms with Crippen LogP contribution in [0.5, 0.6) is 0 Å². The molecule has 0 N–H and O–H groups in total. The van der Waals surface area contributed by atoms with Crippen molar-refractivity contribution >= 4 is 11.9 Å². The molecule has 26 heavy (non-hydrogen) atoms. The van der Waals surface area contributed by atoms with Crippen molar-refractivity contribution in [2.45, 2.75) is 6.54 Å². The lowest BCUT2D eigenvalue weighted by Gasteiger charge is -2.15. The van der Waals surface area contributed by atoms with E-state index in [2.05, 4.69) is 0 Å². The second kappa shape index (κ2) is 7.69. The molecule has 6 nitrogen and oxygen atoms in total. The van der Waals surface area contributed by atoms with Gasteiger partial charge in [-0.25, -0.2) is 9.18 Å². The van der Waals surface area contributed by atoms with Gasteiger partial charge in [-0.1, -0.05) is 0 Å². The van der Waals surface area contributed by atoms with Crippen LogP contribution in [-0.4, -0.2) is 30.4 Å². The Morgan fingerprint density at radius 3 is 2.58 bits per heavy atom. The summed E-state index contributed by atoms with van der Waals surface area (Å²) in [6, 6.07) is 12.2. The van der Waals surface area contributed by atoms with Crippen molar-refractivity contribution in [3.8, 4) is 11.3 Å². The van der Waals surface area contributed by atoms with Gasteiger partial charge in [0.1, 0.15) is 17.3 Å². The van der Waals surface area contributed by atoms with Gasteiger partial charge < -0.3 is 18.5 Å². The summed E-state index contributed by atoms with van der Waals surface area (Å²) in [6.45, 7) is -0.137. The van der Waals surface area contributed by atoms with Crippen molar-refractivity contribution in [3.63, 3.8) is 0 Å². The summed E-state index contributed by atoms with van der Waals surface area (Å²) in [4.78, 5) is 25.4. The third-order valence-electron chi connectivity index (χ3n) is 3.66. The Kier molecular flexibility index (Phi) is 5.17. The quantitative estimate of drug-likeness (QED) is 0.632. The van der Waals surface area contributed by atoms with Gasteiger partial charge in [0.25, 0.3) is 5.91 Å². The number of hydrogen-bond acceptors (Lipinski definition) is 5. The lowest BCUT2D eigenvalue weighted by Crippen LogP contribution is -2.30. The van der Waals surface area contributed by atoms with E-state index in [0.717, 1.165) is 0 Å². The number of nitrogens with zero attached hydrogens (tertiary/aromatic N) is 1. The summed E-state index contributed by atoms with van der Waals surface area (Å²) in [5.74, 6) is -0.499. The van der Waals surface area contributed by atoms with E-state index in [-0.39, 0.29) is 24.0 Å². The first-order valence-electron chi connectivity index (χ1n) is 7.82. The number of halogens is 1. The number of amides is 1. The molecule has 134 valence electrons. The summed E-state index contributed by atoms with van der Waals surface area (Å²) in [7, 11) is 1.58. The minimum atomic E-state index is -0.752. The van der Waals surface area contributed by atoms with E-state index in [1.54, 1.807) is 25.2 Å². The third-order valence-corrected chi connectivity index (χ3v) is 3.66. The van der Waals surface area contributed by atoms with Crippen LogP contribution in [0.2, 0.25) is 0 Å². The first kappa shape index (κ1) is 17.5. The number of likely N-dealkylation sites (N-methyl/N-ethyl adjacent to an activating group) is 1. The number of furan rings is 2. The van der Waals surface area contributed by atoms with Gasteiger partial charge in [-0.15, -0.1) is 0 Å². The number of benzene rings is 1. The molecule has 0 radical (unpaired) electrons. The van der Waals surface area contributed by atoms with Crippen LogP contribution < -0.4 is 0 Å². The Morgan fingerprint density at radius 2 is 1.88 bits per heavy atom. The Balaban J connectivity index is 1.55.